The summed E-state index contributed by atoms with van der Waals surface area (Å²) in [6.07, 6.45) is 0.927. The van der Waals surface area contributed by atoms with Gasteiger partial charge in [-0.15, -0.1) is 11.8 Å². The number of thioether (sulfide) groups is 1. The van der Waals surface area contributed by atoms with Crippen molar-refractivity contribution in [1.29, 1.82) is 0 Å². The number of hydrogen-bond acceptors (Lipinski definition) is 5. The van der Waals surface area contributed by atoms with Crippen molar-refractivity contribution in [2.75, 3.05) is 30.5 Å². The number of ether oxygens (including phenoxy) is 1. The molecule has 0 saturated heterocycles. The summed E-state index contributed by atoms with van der Waals surface area (Å²) in [6.45, 7) is 6.73. The van der Waals surface area contributed by atoms with E-state index in [2.05, 4.69) is 6.92 Å². The standard InChI is InChI=1S/C24H28N2O3S/c1-6-14-29-20-12-10-17(11-13-20)21-22(30-16(2)3)24(28)26(23(21)27)19-9-7-8-18(15-19)25(4)5/h7-13,15-16H,6,14H2,1-5H3. The number of carbonyl (C=O) groups excluding carboxylic acids is 2. The molecule has 0 saturated carbocycles. The third kappa shape index (κ3) is 4.54. The summed E-state index contributed by atoms with van der Waals surface area (Å²) in [6, 6.07) is 14.9. The van der Waals surface area contributed by atoms with Crippen LogP contribution in [0.25, 0.3) is 5.57 Å². The Kier molecular flexibility index (Phi) is 6.87. The third-order valence-corrected chi connectivity index (χ3v) is 5.70. The summed E-state index contributed by atoms with van der Waals surface area (Å²) in [4.78, 5) is 30.5. The minimum Gasteiger partial charge on any atom is -0.494 e. The van der Waals surface area contributed by atoms with E-state index in [4.69, 9.17) is 4.74 Å². The zero-order valence-corrected chi connectivity index (χ0v) is 19.0. The first-order valence-electron chi connectivity index (χ1n) is 10.1. The molecule has 5 nitrogen and oxygen atoms in total. The van der Waals surface area contributed by atoms with Gasteiger partial charge in [0.05, 0.1) is 22.8 Å². The number of anilines is 2. The Morgan fingerprint density at radius 3 is 2.33 bits per heavy atom. The van der Waals surface area contributed by atoms with E-state index in [0.29, 0.717) is 22.8 Å². The van der Waals surface area contributed by atoms with Crippen LogP contribution in [0.1, 0.15) is 32.8 Å². The predicted octanol–water partition coefficient (Wildman–Crippen LogP) is 4.97. The van der Waals surface area contributed by atoms with Crippen LogP contribution in [0.15, 0.2) is 53.4 Å². The smallest absolute Gasteiger partial charge is 0.272 e. The number of amides is 2. The molecule has 1 aliphatic rings. The van der Waals surface area contributed by atoms with Crippen LogP contribution < -0.4 is 14.5 Å². The van der Waals surface area contributed by atoms with Gasteiger partial charge in [-0.3, -0.25) is 9.59 Å². The molecular weight excluding hydrogens is 396 g/mol. The Bertz CT molecular complexity index is 965. The highest BCUT2D eigenvalue weighted by molar-refractivity contribution is 8.04. The van der Waals surface area contributed by atoms with Crippen molar-refractivity contribution in [2.24, 2.45) is 0 Å². The average molecular weight is 425 g/mol. The summed E-state index contributed by atoms with van der Waals surface area (Å²) >= 11 is 1.43. The quantitative estimate of drug-likeness (QED) is 0.560. The molecule has 0 unspecified atom stereocenters. The number of hydrogen-bond donors (Lipinski definition) is 0. The molecule has 3 rings (SSSR count). The van der Waals surface area contributed by atoms with Gasteiger partial charge in [-0.05, 0) is 42.3 Å². The normalized spacial score (nSPS) is 14.1. The van der Waals surface area contributed by atoms with Crippen molar-refractivity contribution in [3.8, 4) is 5.75 Å². The van der Waals surface area contributed by atoms with Gasteiger partial charge in [-0.2, -0.15) is 0 Å². The topological polar surface area (TPSA) is 49.9 Å². The lowest BCUT2D eigenvalue weighted by Gasteiger charge is -2.19. The van der Waals surface area contributed by atoms with Gasteiger partial charge in [-0.1, -0.05) is 39.0 Å². The lowest BCUT2D eigenvalue weighted by molar-refractivity contribution is -0.119. The van der Waals surface area contributed by atoms with Crippen molar-refractivity contribution >= 4 is 40.5 Å². The van der Waals surface area contributed by atoms with Crippen LogP contribution in [0.5, 0.6) is 5.75 Å². The van der Waals surface area contributed by atoms with Gasteiger partial charge >= 0.3 is 0 Å². The molecule has 1 heterocycles. The van der Waals surface area contributed by atoms with Crippen molar-refractivity contribution in [3.05, 3.63) is 59.0 Å². The van der Waals surface area contributed by atoms with E-state index >= 15 is 0 Å². The fraction of sp³-hybridized carbons (Fsp3) is 0.333. The van der Waals surface area contributed by atoms with Crippen molar-refractivity contribution in [3.63, 3.8) is 0 Å². The maximum atomic E-state index is 13.4. The fourth-order valence-corrected chi connectivity index (χ4v) is 4.18. The molecule has 0 fully saturated rings. The summed E-state index contributed by atoms with van der Waals surface area (Å²) in [7, 11) is 3.86. The number of rotatable bonds is 8. The van der Waals surface area contributed by atoms with Crippen molar-refractivity contribution in [2.45, 2.75) is 32.4 Å². The van der Waals surface area contributed by atoms with E-state index in [1.165, 1.54) is 16.7 Å². The molecule has 30 heavy (non-hydrogen) atoms. The first-order chi connectivity index (χ1) is 14.3. The molecule has 2 aromatic carbocycles. The van der Waals surface area contributed by atoms with E-state index in [0.717, 1.165) is 23.4 Å². The molecule has 0 radical (unpaired) electrons. The molecule has 1 aliphatic heterocycles. The van der Waals surface area contributed by atoms with E-state index < -0.39 is 0 Å². The second kappa shape index (κ2) is 9.39. The van der Waals surface area contributed by atoms with Crippen LogP contribution in [0, 0.1) is 0 Å². The Labute approximate surface area is 182 Å². The molecule has 0 atom stereocenters. The Hall–Kier alpha value is -2.73. The predicted molar refractivity (Wildman–Crippen MR) is 125 cm³/mol. The highest BCUT2D eigenvalue weighted by Gasteiger charge is 2.40. The maximum Gasteiger partial charge on any atom is 0.272 e. The molecule has 2 aromatic rings. The second-order valence-electron chi connectivity index (χ2n) is 7.60. The summed E-state index contributed by atoms with van der Waals surface area (Å²) in [5.41, 5.74) is 2.69. The van der Waals surface area contributed by atoms with Gasteiger partial charge in [0.25, 0.3) is 11.8 Å². The summed E-state index contributed by atoms with van der Waals surface area (Å²) in [5, 5.41) is 0.173. The van der Waals surface area contributed by atoms with Gasteiger partial charge in [-0.25, -0.2) is 4.90 Å². The number of carbonyl (C=O) groups is 2. The Morgan fingerprint density at radius 2 is 1.73 bits per heavy atom. The maximum absolute atomic E-state index is 13.4. The molecule has 0 bridgehead atoms. The number of nitrogens with zero attached hydrogens (tertiary/aromatic N) is 2. The summed E-state index contributed by atoms with van der Waals surface area (Å²) < 4.78 is 5.65. The van der Waals surface area contributed by atoms with E-state index in [1.807, 2.05) is 75.3 Å². The lowest BCUT2D eigenvalue weighted by atomic mass is 10.1. The van der Waals surface area contributed by atoms with Crippen LogP contribution in [-0.4, -0.2) is 37.8 Å². The highest BCUT2D eigenvalue weighted by Crippen LogP contribution is 2.40. The molecule has 0 spiro atoms. The Morgan fingerprint density at radius 1 is 1.03 bits per heavy atom. The second-order valence-corrected chi connectivity index (χ2v) is 9.19. The molecule has 2 amide bonds. The van der Waals surface area contributed by atoms with Crippen LogP contribution in [0.3, 0.4) is 0 Å². The third-order valence-electron chi connectivity index (χ3n) is 4.62. The number of benzene rings is 2. The number of imide groups is 1. The Balaban J connectivity index is 2.01. The van der Waals surface area contributed by atoms with Crippen LogP contribution >= 0.6 is 11.8 Å². The minimum atomic E-state index is -0.290. The van der Waals surface area contributed by atoms with E-state index in [9.17, 15) is 9.59 Å². The van der Waals surface area contributed by atoms with Crippen molar-refractivity contribution < 1.29 is 14.3 Å². The van der Waals surface area contributed by atoms with Gasteiger partial charge in [0.2, 0.25) is 0 Å². The zero-order valence-electron chi connectivity index (χ0n) is 18.1. The van der Waals surface area contributed by atoms with Gasteiger partial charge < -0.3 is 9.64 Å². The van der Waals surface area contributed by atoms with Crippen LogP contribution in [0.2, 0.25) is 0 Å². The largest absolute Gasteiger partial charge is 0.494 e. The average Bonchev–Trinajstić information content (AvgIpc) is 2.96. The van der Waals surface area contributed by atoms with Gasteiger partial charge in [0.1, 0.15) is 5.75 Å². The fourth-order valence-electron chi connectivity index (χ4n) is 3.19. The monoisotopic (exact) mass is 424 g/mol. The van der Waals surface area contributed by atoms with Crippen LogP contribution in [-0.2, 0) is 9.59 Å². The van der Waals surface area contributed by atoms with Gasteiger partial charge in [0.15, 0.2) is 0 Å². The zero-order chi connectivity index (χ0) is 21.8. The highest BCUT2D eigenvalue weighted by atomic mass is 32.2. The molecule has 0 aliphatic carbocycles. The first-order valence-corrected chi connectivity index (χ1v) is 11.0. The minimum absolute atomic E-state index is 0.173. The van der Waals surface area contributed by atoms with Crippen molar-refractivity contribution in [1.82, 2.24) is 0 Å². The molecule has 6 heteroatoms. The first kappa shape index (κ1) is 22.0. The SMILES string of the molecule is CCCOc1ccc(C2=C(SC(C)C)C(=O)N(c3cccc(N(C)C)c3)C2=O)cc1. The molecule has 158 valence electrons. The van der Waals surface area contributed by atoms with E-state index in [1.54, 1.807) is 6.07 Å². The lowest BCUT2D eigenvalue weighted by Crippen LogP contribution is -2.31. The van der Waals surface area contributed by atoms with E-state index in [-0.39, 0.29) is 17.1 Å². The summed E-state index contributed by atoms with van der Waals surface area (Å²) in [5.74, 6) is 0.198. The van der Waals surface area contributed by atoms with Gasteiger partial charge in [0, 0.05) is 25.0 Å². The molecule has 0 N–H and O–H groups in total. The van der Waals surface area contributed by atoms with Crippen LogP contribution in [0.4, 0.5) is 11.4 Å². The molecule has 0 aromatic heterocycles. The molecular formula is C24H28N2O3S.